The van der Waals surface area contributed by atoms with Crippen LogP contribution >= 0.6 is 0 Å². The zero-order chi connectivity index (χ0) is 15.2. The minimum absolute atomic E-state index is 0.112. The molecule has 2 rings (SSSR count). The molecule has 0 spiro atoms. The van der Waals surface area contributed by atoms with Gasteiger partial charge in [-0.1, -0.05) is 24.3 Å². The molecule has 2 aromatic rings. The highest BCUT2D eigenvalue weighted by molar-refractivity contribution is 5.89. The van der Waals surface area contributed by atoms with Crippen molar-refractivity contribution in [3.63, 3.8) is 0 Å². The van der Waals surface area contributed by atoms with Gasteiger partial charge in [0.2, 0.25) is 5.91 Å². The summed E-state index contributed by atoms with van der Waals surface area (Å²) in [7, 11) is 0. The molecule has 5 nitrogen and oxygen atoms in total. The molecular formula is C16H15NO4. The Hall–Kier alpha value is -2.66. The van der Waals surface area contributed by atoms with Crippen LogP contribution in [0.3, 0.4) is 0 Å². The van der Waals surface area contributed by atoms with Crippen molar-refractivity contribution in [2.24, 2.45) is 0 Å². The van der Waals surface area contributed by atoms with Gasteiger partial charge in [0, 0.05) is 12.6 Å². The number of amides is 1. The van der Waals surface area contributed by atoms with Crippen LogP contribution in [0.5, 0.6) is 0 Å². The average molecular weight is 285 g/mol. The predicted octanol–water partition coefficient (Wildman–Crippen LogP) is 2.87. The SMILES string of the molecule is CC(=O)Nc1cccc(Cc2ccc(C(=O)OO)cc2)c1. The van der Waals surface area contributed by atoms with Crippen molar-refractivity contribution >= 4 is 17.6 Å². The highest BCUT2D eigenvalue weighted by Gasteiger charge is 2.06. The molecule has 2 N–H and O–H groups in total. The highest BCUT2D eigenvalue weighted by atomic mass is 17.1. The fraction of sp³-hybridized carbons (Fsp3) is 0.125. The first-order valence-electron chi connectivity index (χ1n) is 6.39. The fourth-order valence-electron chi connectivity index (χ4n) is 2.01. The Balaban J connectivity index is 2.11. The normalized spacial score (nSPS) is 10.0. The summed E-state index contributed by atoms with van der Waals surface area (Å²) in [6, 6.07) is 14.3. The summed E-state index contributed by atoms with van der Waals surface area (Å²) in [4.78, 5) is 25.8. The van der Waals surface area contributed by atoms with E-state index in [0.717, 1.165) is 16.8 Å². The van der Waals surface area contributed by atoms with Gasteiger partial charge in [0.05, 0.1) is 5.56 Å². The number of anilines is 1. The van der Waals surface area contributed by atoms with Crippen molar-refractivity contribution in [3.8, 4) is 0 Å². The van der Waals surface area contributed by atoms with Crippen LogP contribution in [0.15, 0.2) is 48.5 Å². The lowest BCUT2D eigenvalue weighted by atomic mass is 10.0. The van der Waals surface area contributed by atoms with Crippen LogP contribution < -0.4 is 5.32 Å². The smallest absolute Gasteiger partial charge is 0.326 e. The maximum atomic E-state index is 11.1. The second-order valence-corrected chi connectivity index (χ2v) is 4.63. The summed E-state index contributed by atoms with van der Waals surface area (Å²) in [6.45, 7) is 1.46. The molecule has 0 atom stereocenters. The number of nitrogens with one attached hydrogen (secondary N) is 1. The standard InChI is InChI=1S/C16H15NO4/c1-11(18)17-15-4-2-3-13(10-15)9-12-5-7-14(8-6-12)16(19)21-20/h2-8,10,20H,9H2,1H3,(H,17,18). The van der Waals surface area contributed by atoms with Crippen LogP contribution in [0.4, 0.5) is 5.69 Å². The first kappa shape index (κ1) is 14.7. The van der Waals surface area contributed by atoms with E-state index in [9.17, 15) is 9.59 Å². The zero-order valence-corrected chi connectivity index (χ0v) is 11.5. The van der Waals surface area contributed by atoms with Gasteiger partial charge in [-0.2, -0.15) is 5.26 Å². The molecule has 108 valence electrons. The molecule has 0 saturated carbocycles. The summed E-state index contributed by atoms with van der Waals surface area (Å²) in [5.41, 5.74) is 3.08. The second-order valence-electron chi connectivity index (χ2n) is 4.63. The lowest BCUT2D eigenvalue weighted by Gasteiger charge is -2.06. The van der Waals surface area contributed by atoms with Crippen molar-refractivity contribution in [2.45, 2.75) is 13.3 Å². The molecule has 0 unspecified atom stereocenters. The monoisotopic (exact) mass is 285 g/mol. The van der Waals surface area contributed by atoms with Crippen LogP contribution in [-0.2, 0) is 16.1 Å². The first-order valence-corrected chi connectivity index (χ1v) is 6.39. The van der Waals surface area contributed by atoms with Crippen LogP contribution in [0.25, 0.3) is 0 Å². The van der Waals surface area contributed by atoms with E-state index in [4.69, 9.17) is 5.26 Å². The molecule has 0 saturated heterocycles. The summed E-state index contributed by atoms with van der Waals surface area (Å²) in [5, 5.41) is 11.0. The Bertz CT molecular complexity index is 650. The van der Waals surface area contributed by atoms with E-state index >= 15 is 0 Å². The van der Waals surface area contributed by atoms with Gasteiger partial charge in [-0.05, 0) is 41.8 Å². The lowest BCUT2D eigenvalue weighted by Crippen LogP contribution is -2.05. The van der Waals surface area contributed by atoms with E-state index in [2.05, 4.69) is 10.2 Å². The number of benzene rings is 2. The lowest BCUT2D eigenvalue weighted by molar-refractivity contribution is -0.182. The van der Waals surface area contributed by atoms with Gasteiger partial charge in [0.15, 0.2) is 0 Å². The third-order valence-corrected chi connectivity index (χ3v) is 2.93. The molecule has 0 radical (unpaired) electrons. The van der Waals surface area contributed by atoms with E-state index in [0.29, 0.717) is 6.42 Å². The quantitative estimate of drug-likeness (QED) is 0.669. The van der Waals surface area contributed by atoms with Crippen molar-refractivity contribution in [1.82, 2.24) is 0 Å². The summed E-state index contributed by atoms with van der Waals surface area (Å²) >= 11 is 0. The third-order valence-electron chi connectivity index (χ3n) is 2.93. The summed E-state index contributed by atoms with van der Waals surface area (Å²) in [6.07, 6.45) is 0.669. The Morgan fingerprint density at radius 3 is 2.43 bits per heavy atom. The van der Waals surface area contributed by atoms with Crippen molar-refractivity contribution in [3.05, 3.63) is 65.2 Å². The molecule has 0 aromatic heterocycles. The van der Waals surface area contributed by atoms with Crippen LogP contribution in [-0.4, -0.2) is 17.1 Å². The number of carbonyl (C=O) groups excluding carboxylic acids is 2. The Labute approximate surface area is 122 Å². The van der Waals surface area contributed by atoms with Crippen LogP contribution in [0, 0.1) is 0 Å². The largest absolute Gasteiger partial charge is 0.372 e. The first-order chi connectivity index (χ1) is 10.1. The Morgan fingerprint density at radius 2 is 1.81 bits per heavy atom. The van der Waals surface area contributed by atoms with Crippen molar-refractivity contribution in [1.29, 1.82) is 0 Å². The average Bonchev–Trinajstić information content (AvgIpc) is 2.47. The minimum Gasteiger partial charge on any atom is -0.326 e. The fourth-order valence-corrected chi connectivity index (χ4v) is 2.01. The van der Waals surface area contributed by atoms with Gasteiger partial charge in [-0.3, -0.25) is 9.68 Å². The zero-order valence-electron chi connectivity index (χ0n) is 11.5. The van der Waals surface area contributed by atoms with E-state index in [-0.39, 0.29) is 11.5 Å². The third kappa shape index (κ3) is 4.15. The second kappa shape index (κ2) is 6.67. The van der Waals surface area contributed by atoms with Gasteiger partial charge in [0.25, 0.3) is 0 Å². The van der Waals surface area contributed by atoms with Crippen molar-refractivity contribution in [2.75, 3.05) is 5.32 Å². The molecule has 2 aromatic carbocycles. The number of carbonyl (C=O) groups is 2. The maximum absolute atomic E-state index is 11.1. The molecule has 0 aliphatic carbocycles. The van der Waals surface area contributed by atoms with Crippen LogP contribution in [0.1, 0.15) is 28.4 Å². The van der Waals surface area contributed by atoms with E-state index in [1.165, 1.54) is 6.92 Å². The molecule has 1 amide bonds. The summed E-state index contributed by atoms with van der Waals surface area (Å²) in [5.74, 6) is -0.895. The number of hydrogen-bond donors (Lipinski definition) is 2. The van der Waals surface area contributed by atoms with E-state index in [1.807, 2.05) is 24.3 Å². The highest BCUT2D eigenvalue weighted by Crippen LogP contribution is 2.15. The molecule has 0 fully saturated rings. The molecule has 0 heterocycles. The molecule has 21 heavy (non-hydrogen) atoms. The maximum Gasteiger partial charge on any atom is 0.372 e. The number of rotatable bonds is 4. The summed E-state index contributed by atoms with van der Waals surface area (Å²) < 4.78 is 0. The Morgan fingerprint density at radius 1 is 1.10 bits per heavy atom. The molecular weight excluding hydrogens is 270 g/mol. The molecule has 0 aliphatic heterocycles. The van der Waals surface area contributed by atoms with Crippen molar-refractivity contribution < 1.29 is 19.7 Å². The van der Waals surface area contributed by atoms with Gasteiger partial charge in [-0.15, -0.1) is 0 Å². The van der Waals surface area contributed by atoms with Gasteiger partial charge < -0.3 is 5.32 Å². The van der Waals surface area contributed by atoms with Gasteiger partial charge >= 0.3 is 5.97 Å². The predicted molar refractivity (Wildman–Crippen MR) is 78.0 cm³/mol. The number of hydrogen-bond acceptors (Lipinski definition) is 4. The molecule has 0 aliphatic rings. The van der Waals surface area contributed by atoms with E-state index in [1.54, 1.807) is 24.3 Å². The minimum atomic E-state index is -0.783. The molecule has 5 heteroatoms. The Kier molecular flexibility index (Phi) is 4.68. The van der Waals surface area contributed by atoms with Gasteiger partial charge in [-0.25, -0.2) is 4.79 Å². The topological polar surface area (TPSA) is 75.6 Å². The van der Waals surface area contributed by atoms with E-state index < -0.39 is 5.97 Å². The van der Waals surface area contributed by atoms with Crippen LogP contribution in [0.2, 0.25) is 0 Å². The molecule has 0 bridgehead atoms. The van der Waals surface area contributed by atoms with Gasteiger partial charge in [0.1, 0.15) is 0 Å².